The summed E-state index contributed by atoms with van der Waals surface area (Å²) in [6.45, 7) is 16.0. The van der Waals surface area contributed by atoms with Gasteiger partial charge in [-0.15, -0.1) is 0 Å². The highest BCUT2D eigenvalue weighted by Gasteiger charge is 2.23. The number of rotatable bonds is 6. The summed E-state index contributed by atoms with van der Waals surface area (Å²) in [7, 11) is 0. The van der Waals surface area contributed by atoms with Crippen molar-refractivity contribution in [1.29, 1.82) is 0 Å². The molecule has 0 aromatic carbocycles. The SMILES string of the molecule is CCC(C)(CC/C=C(\C)C(C)(C)C)/C(C)=C/CS. The first-order chi connectivity index (χ1) is 8.17. The molecule has 0 amide bonds. The van der Waals surface area contributed by atoms with E-state index in [1.165, 1.54) is 30.4 Å². The Hall–Kier alpha value is -0.170. The second kappa shape index (κ2) is 7.43. The van der Waals surface area contributed by atoms with E-state index < -0.39 is 0 Å². The van der Waals surface area contributed by atoms with E-state index in [0.717, 1.165) is 5.75 Å². The molecular formula is C17H32S. The summed E-state index contributed by atoms with van der Waals surface area (Å²) in [6, 6.07) is 0. The number of thiol groups is 1. The van der Waals surface area contributed by atoms with Crippen LogP contribution in [0, 0.1) is 10.8 Å². The minimum absolute atomic E-state index is 0.304. The molecule has 0 N–H and O–H groups in total. The predicted molar refractivity (Wildman–Crippen MR) is 88.5 cm³/mol. The molecule has 1 atom stereocenters. The van der Waals surface area contributed by atoms with Gasteiger partial charge in [-0.1, -0.05) is 57.9 Å². The van der Waals surface area contributed by atoms with Crippen LogP contribution in [0.1, 0.15) is 67.7 Å². The monoisotopic (exact) mass is 268 g/mol. The molecule has 0 fully saturated rings. The Morgan fingerprint density at radius 2 is 1.56 bits per heavy atom. The molecule has 0 rings (SSSR count). The fourth-order valence-corrected chi connectivity index (χ4v) is 2.22. The standard InChI is InChI=1S/C17H32S/c1-8-17(7,15(3)11-13-18)12-9-10-14(2)16(4,5)6/h10-11,18H,8-9,12-13H2,1-7H3/b14-10+,15-11+. The van der Waals surface area contributed by atoms with Gasteiger partial charge in [-0.25, -0.2) is 0 Å². The molecule has 106 valence electrons. The predicted octanol–water partition coefficient (Wildman–Crippen LogP) is 6.05. The van der Waals surface area contributed by atoms with Gasteiger partial charge in [0.2, 0.25) is 0 Å². The van der Waals surface area contributed by atoms with E-state index in [1.807, 2.05) is 0 Å². The molecule has 1 unspecified atom stereocenters. The number of allylic oxidation sites excluding steroid dienone is 3. The van der Waals surface area contributed by atoms with Crippen LogP contribution in [0.15, 0.2) is 23.3 Å². The van der Waals surface area contributed by atoms with Crippen LogP contribution in [-0.2, 0) is 0 Å². The molecular weight excluding hydrogens is 236 g/mol. The van der Waals surface area contributed by atoms with Gasteiger partial charge in [0.25, 0.3) is 0 Å². The number of hydrogen-bond acceptors (Lipinski definition) is 1. The minimum Gasteiger partial charge on any atom is -0.175 e. The highest BCUT2D eigenvalue weighted by atomic mass is 32.1. The van der Waals surface area contributed by atoms with E-state index in [-0.39, 0.29) is 0 Å². The van der Waals surface area contributed by atoms with Crippen LogP contribution in [0.5, 0.6) is 0 Å². The highest BCUT2D eigenvalue weighted by molar-refractivity contribution is 7.80. The van der Waals surface area contributed by atoms with Crippen molar-refractivity contribution in [3.8, 4) is 0 Å². The van der Waals surface area contributed by atoms with Crippen LogP contribution in [0.25, 0.3) is 0 Å². The quantitative estimate of drug-likeness (QED) is 0.440. The van der Waals surface area contributed by atoms with Crippen LogP contribution in [0.4, 0.5) is 0 Å². The van der Waals surface area contributed by atoms with Gasteiger partial charge < -0.3 is 0 Å². The van der Waals surface area contributed by atoms with Crippen LogP contribution in [-0.4, -0.2) is 5.75 Å². The zero-order chi connectivity index (χ0) is 14.4. The van der Waals surface area contributed by atoms with Gasteiger partial charge in [-0.3, -0.25) is 0 Å². The van der Waals surface area contributed by atoms with Gasteiger partial charge in [-0.2, -0.15) is 12.6 Å². The largest absolute Gasteiger partial charge is 0.175 e. The molecule has 1 heteroatoms. The fourth-order valence-electron chi connectivity index (χ4n) is 1.95. The van der Waals surface area contributed by atoms with Crippen LogP contribution in [0.2, 0.25) is 0 Å². The van der Waals surface area contributed by atoms with Crippen molar-refractivity contribution in [2.45, 2.75) is 67.7 Å². The van der Waals surface area contributed by atoms with Crippen LogP contribution < -0.4 is 0 Å². The summed E-state index contributed by atoms with van der Waals surface area (Å²) in [4.78, 5) is 0. The lowest BCUT2D eigenvalue weighted by Crippen LogP contribution is -2.17. The topological polar surface area (TPSA) is 0 Å². The second-order valence-electron chi connectivity index (χ2n) is 6.66. The first-order valence-corrected chi connectivity index (χ1v) is 7.76. The molecule has 0 saturated heterocycles. The smallest absolute Gasteiger partial charge is 0.00852 e. The van der Waals surface area contributed by atoms with Gasteiger partial charge in [0.1, 0.15) is 0 Å². The van der Waals surface area contributed by atoms with Gasteiger partial charge in [0, 0.05) is 5.75 Å². The summed E-state index contributed by atoms with van der Waals surface area (Å²) in [5, 5.41) is 0. The zero-order valence-electron chi connectivity index (χ0n) is 13.4. The average molecular weight is 269 g/mol. The molecule has 0 radical (unpaired) electrons. The first-order valence-electron chi connectivity index (χ1n) is 7.12. The van der Waals surface area contributed by atoms with Crippen molar-refractivity contribution in [3.63, 3.8) is 0 Å². The Morgan fingerprint density at radius 3 is 1.94 bits per heavy atom. The Morgan fingerprint density at radius 1 is 1.00 bits per heavy atom. The van der Waals surface area contributed by atoms with Crippen molar-refractivity contribution in [3.05, 3.63) is 23.3 Å². The third-order valence-electron chi connectivity index (χ3n) is 4.46. The minimum atomic E-state index is 0.304. The highest BCUT2D eigenvalue weighted by Crippen LogP contribution is 2.36. The molecule has 0 aliphatic rings. The van der Waals surface area contributed by atoms with E-state index in [0.29, 0.717) is 10.8 Å². The van der Waals surface area contributed by atoms with Crippen molar-refractivity contribution in [2.24, 2.45) is 10.8 Å². The van der Waals surface area contributed by atoms with Crippen LogP contribution in [0.3, 0.4) is 0 Å². The normalized spacial score (nSPS) is 17.8. The maximum absolute atomic E-state index is 4.30. The lowest BCUT2D eigenvalue weighted by Gasteiger charge is -2.30. The average Bonchev–Trinajstić information content (AvgIpc) is 2.27. The maximum atomic E-state index is 4.30. The Labute approximate surface area is 120 Å². The second-order valence-corrected chi connectivity index (χ2v) is 7.02. The lowest BCUT2D eigenvalue weighted by atomic mass is 9.76. The molecule has 0 saturated carbocycles. The van der Waals surface area contributed by atoms with Gasteiger partial charge in [0.05, 0.1) is 0 Å². The van der Waals surface area contributed by atoms with Gasteiger partial charge >= 0.3 is 0 Å². The Bertz CT molecular complexity index is 304. The number of hydrogen-bond donors (Lipinski definition) is 1. The van der Waals surface area contributed by atoms with Crippen molar-refractivity contribution in [1.82, 2.24) is 0 Å². The van der Waals surface area contributed by atoms with Crippen molar-refractivity contribution < 1.29 is 0 Å². The van der Waals surface area contributed by atoms with E-state index in [1.54, 1.807) is 0 Å². The van der Waals surface area contributed by atoms with Crippen molar-refractivity contribution in [2.75, 3.05) is 5.75 Å². The molecule has 0 spiro atoms. The summed E-state index contributed by atoms with van der Waals surface area (Å²) in [5.41, 5.74) is 3.62. The molecule has 0 nitrogen and oxygen atoms in total. The first kappa shape index (κ1) is 17.8. The van der Waals surface area contributed by atoms with E-state index in [2.05, 4.69) is 73.2 Å². The molecule has 0 aliphatic heterocycles. The summed E-state index contributed by atoms with van der Waals surface area (Å²) in [6.07, 6.45) is 8.28. The molecule has 0 aromatic heterocycles. The third kappa shape index (κ3) is 5.65. The van der Waals surface area contributed by atoms with E-state index >= 15 is 0 Å². The maximum Gasteiger partial charge on any atom is 0.00852 e. The Kier molecular flexibility index (Phi) is 7.36. The lowest BCUT2D eigenvalue weighted by molar-refractivity contribution is 0.352. The third-order valence-corrected chi connectivity index (χ3v) is 4.64. The fraction of sp³-hybridized carbons (Fsp3) is 0.765. The summed E-state index contributed by atoms with van der Waals surface area (Å²) in [5.74, 6) is 0.846. The molecule has 0 bridgehead atoms. The Balaban J connectivity index is 4.64. The summed E-state index contributed by atoms with van der Waals surface area (Å²) >= 11 is 4.30. The summed E-state index contributed by atoms with van der Waals surface area (Å²) < 4.78 is 0. The van der Waals surface area contributed by atoms with Crippen molar-refractivity contribution >= 4 is 12.6 Å². The van der Waals surface area contributed by atoms with E-state index in [4.69, 9.17) is 0 Å². The molecule has 0 aromatic rings. The van der Waals surface area contributed by atoms with E-state index in [9.17, 15) is 0 Å². The van der Waals surface area contributed by atoms with Gasteiger partial charge in [-0.05, 0) is 43.9 Å². The molecule has 18 heavy (non-hydrogen) atoms. The zero-order valence-corrected chi connectivity index (χ0v) is 14.3. The van der Waals surface area contributed by atoms with Gasteiger partial charge in [0.15, 0.2) is 0 Å². The molecule has 0 heterocycles. The van der Waals surface area contributed by atoms with Crippen LogP contribution >= 0.6 is 12.6 Å². The molecule has 0 aliphatic carbocycles.